The molecule has 1 aliphatic heterocycles. The molecule has 0 saturated carbocycles. The Morgan fingerprint density at radius 1 is 1.18 bits per heavy atom. The number of para-hydroxylation sites is 1. The third-order valence-electron chi connectivity index (χ3n) is 3.51. The summed E-state index contributed by atoms with van der Waals surface area (Å²) in [5.41, 5.74) is 2.02. The predicted octanol–water partition coefficient (Wildman–Crippen LogP) is 2.59. The first kappa shape index (κ1) is 12.7. The quantitative estimate of drug-likeness (QED) is 0.762. The smallest absolute Gasteiger partial charge is 0.259 e. The van der Waals surface area contributed by atoms with Crippen LogP contribution in [0.5, 0.6) is 11.5 Å². The van der Waals surface area contributed by atoms with Crippen molar-refractivity contribution in [3.63, 3.8) is 0 Å². The number of nitrogens with one attached hydrogen (secondary N) is 2. The van der Waals surface area contributed by atoms with Gasteiger partial charge in [-0.15, -0.1) is 0 Å². The van der Waals surface area contributed by atoms with Gasteiger partial charge in [0.15, 0.2) is 11.5 Å². The van der Waals surface area contributed by atoms with Crippen LogP contribution in [0.15, 0.2) is 42.6 Å². The molecule has 1 aromatic heterocycles. The van der Waals surface area contributed by atoms with E-state index in [1.165, 1.54) is 0 Å². The molecular weight excluding hydrogens is 282 g/mol. The van der Waals surface area contributed by atoms with Crippen molar-refractivity contribution in [3.05, 3.63) is 48.2 Å². The van der Waals surface area contributed by atoms with Crippen molar-refractivity contribution in [2.24, 2.45) is 0 Å². The van der Waals surface area contributed by atoms with Crippen LogP contribution in [0.2, 0.25) is 0 Å². The molecule has 6 heteroatoms. The van der Waals surface area contributed by atoms with Crippen molar-refractivity contribution in [1.29, 1.82) is 0 Å². The van der Waals surface area contributed by atoms with E-state index in [-0.39, 0.29) is 5.91 Å². The van der Waals surface area contributed by atoms with Gasteiger partial charge in [0.05, 0.1) is 17.3 Å². The second kappa shape index (κ2) is 5.07. The van der Waals surface area contributed by atoms with Crippen LogP contribution in [0.1, 0.15) is 10.4 Å². The summed E-state index contributed by atoms with van der Waals surface area (Å²) >= 11 is 0. The lowest BCUT2D eigenvalue weighted by Gasteiger charge is -2.20. The highest BCUT2D eigenvalue weighted by atomic mass is 16.6. The SMILES string of the molecule is O=C(Nc1ccc2cn[nH]c2c1)c1cccc2c1OCCO2. The molecule has 2 aromatic carbocycles. The molecule has 1 amide bonds. The van der Waals surface area contributed by atoms with E-state index in [9.17, 15) is 4.79 Å². The van der Waals surface area contributed by atoms with Crippen LogP contribution in [0.4, 0.5) is 5.69 Å². The maximum atomic E-state index is 12.5. The Kier molecular flexibility index (Phi) is 2.93. The van der Waals surface area contributed by atoms with Crippen LogP contribution in [-0.4, -0.2) is 29.3 Å². The van der Waals surface area contributed by atoms with Gasteiger partial charge < -0.3 is 14.8 Å². The van der Waals surface area contributed by atoms with E-state index in [1.807, 2.05) is 18.2 Å². The molecule has 6 nitrogen and oxygen atoms in total. The van der Waals surface area contributed by atoms with E-state index in [4.69, 9.17) is 9.47 Å². The fraction of sp³-hybridized carbons (Fsp3) is 0.125. The van der Waals surface area contributed by atoms with Gasteiger partial charge in [-0.3, -0.25) is 9.89 Å². The highest BCUT2D eigenvalue weighted by Crippen LogP contribution is 2.34. The number of benzene rings is 2. The van der Waals surface area contributed by atoms with Crippen molar-refractivity contribution in [1.82, 2.24) is 10.2 Å². The van der Waals surface area contributed by atoms with Crippen LogP contribution in [-0.2, 0) is 0 Å². The Morgan fingerprint density at radius 3 is 3.05 bits per heavy atom. The Bertz CT molecular complexity index is 857. The summed E-state index contributed by atoms with van der Waals surface area (Å²) < 4.78 is 11.1. The summed E-state index contributed by atoms with van der Waals surface area (Å²) in [6, 6.07) is 10.9. The normalized spacial score (nSPS) is 13.1. The van der Waals surface area contributed by atoms with Crippen LogP contribution < -0.4 is 14.8 Å². The summed E-state index contributed by atoms with van der Waals surface area (Å²) in [7, 11) is 0. The topological polar surface area (TPSA) is 76.2 Å². The number of aromatic amines is 1. The minimum Gasteiger partial charge on any atom is -0.486 e. The molecule has 0 atom stereocenters. The van der Waals surface area contributed by atoms with Crippen molar-refractivity contribution in [2.75, 3.05) is 18.5 Å². The number of rotatable bonds is 2. The molecule has 0 unspecified atom stereocenters. The number of fused-ring (bicyclic) bond motifs is 2. The van der Waals surface area contributed by atoms with Gasteiger partial charge in [0.1, 0.15) is 13.2 Å². The second-order valence-corrected chi connectivity index (χ2v) is 4.96. The van der Waals surface area contributed by atoms with Crippen molar-refractivity contribution in [2.45, 2.75) is 0 Å². The molecule has 4 rings (SSSR count). The van der Waals surface area contributed by atoms with E-state index >= 15 is 0 Å². The number of carbonyl (C=O) groups excluding carboxylic acids is 1. The average Bonchev–Trinajstić information content (AvgIpc) is 3.02. The highest BCUT2D eigenvalue weighted by Gasteiger charge is 2.20. The zero-order valence-electron chi connectivity index (χ0n) is 11.6. The molecule has 22 heavy (non-hydrogen) atoms. The third kappa shape index (κ3) is 2.14. The monoisotopic (exact) mass is 295 g/mol. The van der Waals surface area contributed by atoms with Crippen LogP contribution in [0.25, 0.3) is 10.9 Å². The molecule has 0 aliphatic carbocycles. The van der Waals surface area contributed by atoms with E-state index in [0.717, 1.165) is 10.9 Å². The minimum absolute atomic E-state index is 0.235. The molecular formula is C16H13N3O3. The summed E-state index contributed by atoms with van der Waals surface area (Å²) in [5.74, 6) is 0.859. The summed E-state index contributed by atoms with van der Waals surface area (Å²) in [5, 5.41) is 10.7. The second-order valence-electron chi connectivity index (χ2n) is 4.96. The number of amides is 1. The number of hydrogen-bond donors (Lipinski definition) is 2. The highest BCUT2D eigenvalue weighted by molar-refractivity contribution is 6.07. The number of hydrogen-bond acceptors (Lipinski definition) is 4. The number of nitrogens with zero attached hydrogens (tertiary/aromatic N) is 1. The molecule has 1 aliphatic rings. The van der Waals surface area contributed by atoms with Gasteiger partial charge >= 0.3 is 0 Å². The number of carbonyl (C=O) groups is 1. The van der Waals surface area contributed by atoms with Gasteiger partial charge in [-0.05, 0) is 30.3 Å². The van der Waals surface area contributed by atoms with Crippen molar-refractivity contribution < 1.29 is 14.3 Å². The molecule has 0 spiro atoms. The maximum absolute atomic E-state index is 12.5. The Balaban J connectivity index is 1.64. The lowest BCUT2D eigenvalue weighted by atomic mass is 10.1. The van der Waals surface area contributed by atoms with Crippen LogP contribution in [0.3, 0.4) is 0 Å². The summed E-state index contributed by atoms with van der Waals surface area (Å²) in [6.45, 7) is 0.936. The van der Waals surface area contributed by atoms with Gasteiger partial charge in [0, 0.05) is 11.1 Å². The number of aromatic nitrogens is 2. The minimum atomic E-state index is -0.235. The molecule has 2 N–H and O–H groups in total. The Labute approximate surface area is 126 Å². The first-order chi connectivity index (χ1) is 10.8. The van der Waals surface area contributed by atoms with Gasteiger partial charge in [0.25, 0.3) is 5.91 Å². The molecule has 2 heterocycles. The average molecular weight is 295 g/mol. The molecule has 0 fully saturated rings. The number of ether oxygens (including phenoxy) is 2. The Hall–Kier alpha value is -3.02. The zero-order chi connectivity index (χ0) is 14.9. The van der Waals surface area contributed by atoms with Gasteiger partial charge in [-0.25, -0.2) is 0 Å². The first-order valence-corrected chi connectivity index (χ1v) is 6.94. The third-order valence-corrected chi connectivity index (χ3v) is 3.51. The van der Waals surface area contributed by atoms with Gasteiger partial charge in [0.2, 0.25) is 0 Å². The molecule has 110 valence electrons. The maximum Gasteiger partial charge on any atom is 0.259 e. The standard InChI is InChI=1S/C16H13N3O3/c20-16(12-2-1-3-14-15(12)22-7-6-21-14)18-11-5-4-10-9-17-19-13(10)8-11/h1-5,8-9H,6-7H2,(H,17,19)(H,18,20). The zero-order valence-corrected chi connectivity index (χ0v) is 11.6. The van der Waals surface area contributed by atoms with Gasteiger partial charge in [-0.1, -0.05) is 6.07 Å². The first-order valence-electron chi connectivity index (χ1n) is 6.94. The van der Waals surface area contributed by atoms with E-state index in [1.54, 1.807) is 24.4 Å². The molecule has 0 saturated heterocycles. The predicted molar refractivity (Wildman–Crippen MR) is 81.5 cm³/mol. The van der Waals surface area contributed by atoms with Crippen LogP contribution >= 0.6 is 0 Å². The van der Waals surface area contributed by atoms with E-state index in [0.29, 0.717) is 36.0 Å². The number of anilines is 1. The largest absolute Gasteiger partial charge is 0.486 e. The Morgan fingerprint density at radius 2 is 2.09 bits per heavy atom. The lowest BCUT2D eigenvalue weighted by Crippen LogP contribution is -2.20. The van der Waals surface area contributed by atoms with E-state index in [2.05, 4.69) is 15.5 Å². The van der Waals surface area contributed by atoms with E-state index < -0.39 is 0 Å². The fourth-order valence-electron chi connectivity index (χ4n) is 2.47. The fourth-order valence-corrected chi connectivity index (χ4v) is 2.47. The summed E-state index contributed by atoms with van der Waals surface area (Å²) in [4.78, 5) is 12.5. The van der Waals surface area contributed by atoms with Crippen LogP contribution in [0, 0.1) is 0 Å². The summed E-state index contributed by atoms with van der Waals surface area (Å²) in [6.07, 6.45) is 1.74. The number of H-pyrrole nitrogens is 1. The lowest BCUT2D eigenvalue weighted by molar-refractivity contribution is 0.101. The molecule has 0 radical (unpaired) electrons. The van der Waals surface area contributed by atoms with Gasteiger partial charge in [-0.2, -0.15) is 5.10 Å². The van der Waals surface area contributed by atoms with Crippen molar-refractivity contribution >= 4 is 22.5 Å². The van der Waals surface area contributed by atoms with Crippen molar-refractivity contribution in [3.8, 4) is 11.5 Å². The molecule has 3 aromatic rings. The molecule has 0 bridgehead atoms.